The van der Waals surface area contributed by atoms with Gasteiger partial charge in [-0.15, -0.1) is 15.3 Å². The van der Waals surface area contributed by atoms with Crippen molar-refractivity contribution in [1.29, 1.82) is 0 Å². The Balaban J connectivity index is 1.43. The van der Waals surface area contributed by atoms with Gasteiger partial charge in [-0.25, -0.2) is 0 Å². The molecule has 2 aliphatic heterocycles. The molecule has 0 saturated carbocycles. The molecule has 7 heteroatoms. The Kier molecular flexibility index (Phi) is 5.02. The van der Waals surface area contributed by atoms with E-state index in [9.17, 15) is 4.79 Å². The van der Waals surface area contributed by atoms with E-state index >= 15 is 0 Å². The highest BCUT2D eigenvalue weighted by atomic mass is 16.2. The topological polar surface area (TPSA) is 66.6 Å². The van der Waals surface area contributed by atoms with Crippen LogP contribution in [0.25, 0.3) is 5.65 Å². The molecule has 2 aromatic rings. The highest BCUT2D eigenvalue weighted by Gasteiger charge is 2.31. The Morgan fingerprint density at radius 3 is 2.32 bits per heavy atom. The van der Waals surface area contributed by atoms with Crippen molar-refractivity contribution >= 4 is 17.4 Å². The molecule has 0 aromatic carbocycles. The first-order valence-corrected chi connectivity index (χ1v) is 10.6. The first-order valence-electron chi connectivity index (χ1n) is 10.6. The molecule has 2 aliphatic rings. The van der Waals surface area contributed by atoms with Crippen molar-refractivity contribution in [3.05, 3.63) is 18.0 Å². The number of nitrogens with zero attached hydrogens (tertiary/aromatic N) is 6. The average Bonchev–Trinajstić information content (AvgIpc) is 3.12. The number of carbonyl (C=O) groups excluding carboxylic acids is 1. The van der Waals surface area contributed by atoms with Gasteiger partial charge in [0.25, 0.3) is 0 Å². The molecule has 4 heterocycles. The molecule has 0 aliphatic carbocycles. The summed E-state index contributed by atoms with van der Waals surface area (Å²) in [6.45, 7) is 12.2. The van der Waals surface area contributed by atoms with Crippen LogP contribution in [0.5, 0.6) is 0 Å². The van der Waals surface area contributed by atoms with Crippen molar-refractivity contribution < 1.29 is 4.79 Å². The van der Waals surface area contributed by atoms with E-state index in [1.807, 2.05) is 16.6 Å². The van der Waals surface area contributed by atoms with Crippen LogP contribution in [0.4, 0.5) is 5.82 Å². The minimum atomic E-state index is -0.115. The molecule has 152 valence electrons. The number of rotatable bonds is 2. The van der Waals surface area contributed by atoms with E-state index in [4.69, 9.17) is 5.10 Å². The Morgan fingerprint density at radius 1 is 1.00 bits per heavy atom. The lowest BCUT2D eigenvalue weighted by atomic mass is 9.92. The normalized spacial score (nSPS) is 20.1. The van der Waals surface area contributed by atoms with E-state index in [0.717, 1.165) is 75.1 Å². The van der Waals surface area contributed by atoms with Crippen LogP contribution in [0.2, 0.25) is 0 Å². The van der Waals surface area contributed by atoms with Gasteiger partial charge in [-0.1, -0.05) is 27.7 Å². The quantitative estimate of drug-likeness (QED) is 0.796. The number of amides is 1. The number of aromatic nitrogens is 4. The lowest BCUT2D eigenvalue weighted by Gasteiger charge is -2.37. The Bertz CT molecular complexity index is 838. The van der Waals surface area contributed by atoms with E-state index in [2.05, 4.69) is 47.7 Å². The van der Waals surface area contributed by atoms with Crippen molar-refractivity contribution in [1.82, 2.24) is 24.7 Å². The van der Waals surface area contributed by atoms with Crippen LogP contribution in [-0.2, 0) is 10.2 Å². The predicted octanol–water partition coefficient (Wildman–Crippen LogP) is 2.90. The summed E-state index contributed by atoms with van der Waals surface area (Å²) in [5, 5.41) is 13.4. The van der Waals surface area contributed by atoms with Crippen molar-refractivity contribution in [2.75, 3.05) is 31.1 Å². The van der Waals surface area contributed by atoms with Gasteiger partial charge in [0.1, 0.15) is 5.82 Å². The number of anilines is 1. The van der Waals surface area contributed by atoms with Gasteiger partial charge in [0.05, 0.1) is 0 Å². The maximum atomic E-state index is 12.9. The molecule has 0 bridgehead atoms. The fourth-order valence-corrected chi connectivity index (χ4v) is 4.26. The lowest BCUT2D eigenvalue weighted by Crippen LogP contribution is -2.45. The van der Waals surface area contributed by atoms with Crippen LogP contribution in [0.3, 0.4) is 0 Å². The summed E-state index contributed by atoms with van der Waals surface area (Å²) in [6, 6.07) is 4.00. The number of hydrogen-bond donors (Lipinski definition) is 0. The number of likely N-dealkylation sites (tertiary alicyclic amines) is 1. The number of carbonyl (C=O) groups is 1. The molecule has 2 saturated heterocycles. The second-order valence-electron chi connectivity index (χ2n) is 9.50. The molecule has 2 aromatic heterocycles. The fourth-order valence-electron chi connectivity index (χ4n) is 4.26. The molecule has 1 amide bonds. The summed E-state index contributed by atoms with van der Waals surface area (Å²) in [7, 11) is 0. The highest BCUT2D eigenvalue weighted by Crippen LogP contribution is 2.27. The zero-order chi connectivity index (χ0) is 19.9. The smallest absolute Gasteiger partial charge is 0.225 e. The van der Waals surface area contributed by atoms with Gasteiger partial charge < -0.3 is 9.80 Å². The Labute approximate surface area is 167 Å². The van der Waals surface area contributed by atoms with Gasteiger partial charge in [-0.05, 0) is 43.7 Å². The summed E-state index contributed by atoms with van der Waals surface area (Å²) in [4.78, 5) is 17.2. The molecule has 7 nitrogen and oxygen atoms in total. The molecule has 2 fully saturated rings. The Morgan fingerprint density at radius 2 is 1.68 bits per heavy atom. The summed E-state index contributed by atoms with van der Waals surface area (Å²) in [6.07, 6.45) is 4.09. The molecule has 0 N–H and O–H groups in total. The first-order chi connectivity index (χ1) is 13.3. The summed E-state index contributed by atoms with van der Waals surface area (Å²) < 4.78 is 1.86. The average molecular weight is 385 g/mol. The van der Waals surface area contributed by atoms with Crippen LogP contribution in [-0.4, -0.2) is 56.8 Å². The third-order valence-corrected chi connectivity index (χ3v) is 6.18. The number of fused-ring (bicyclic) bond motifs is 1. The molecule has 0 atom stereocenters. The highest BCUT2D eigenvalue weighted by molar-refractivity contribution is 5.79. The largest absolute Gasteiger partial charge is 0.355 e. The van der Waals surface area contributed by atoms with Gasteiger partial charge in [0, 0.05) is 37.5 Å². The van der Waals surface area contributed by atoms with Crippen molar-refractivity contribution in [3.63, 3.8) is 0 Å². The summed E-state index contributed by atoms with van der Waals surface area (Å²) in [5.74, 6) is 3.09. The van der Waals surface area contributed by atoms with Crippen LogP contribution in [0.15, 0.2) is 12.1 Å². The molecular formula is C21H32N6O. The van der Waals surface area contributed by atoms with E-state index in [-0.39, 0.29) is 11.3 Å². The van der Waals surface area contributed by atoms with Gasteiger partial charge in [0.15, 0.2) is 11.5 Å². The minimum absolute atomic E-state index is 0.115. The molecule has 28 heavy (non-hydrogen) atoms. The third kappa shape index (κ3) is 3.71. The fraction of sp³-hybridized carbons (Fsp3) is 0.714. The van der Waals surface area contributed by atoms with E-state index in [1.54, 1.807) is 0 Å². The maximum absolute atomic E-state index is 12.9. The molecule has 0 radical (unpaired) electrons. The second-order valence-corrected chi connectivity index (χ2v) is 9.50. The monoisotopic (exact) mass is 384 g/mol. The lowest BCUT2D eigenvalue weighted by molar-refractivity contribution is -0.137. The molecule has 0 unspecified atom stereocenters. The van der Waals surface area contributed by atoms with Crippen LogP contribution in [0.1, 0.15) is 59.2 Å². The standard InChI is InChI=1S/C21H32N6O/c1-15-7-11-26(12-8-15)19(28)16-9-13-25(14-10-16)18-6-5-17-22-23-20(21(2,3)4)27(17)24-18/h5-6,15-16H,7-14H2,1-4H3. The van der Waals surface area contributed by atoms with Crippen LogP contribution >= 0.6 is 0 Å². The number of hydrogen-bond acceptors (Lipinski definition) is 5. The van der Waals surface area contributed by atoms with E-state index in [1.165, 1.54) is 0 Å². The number of piperidine rings is 2. The van der Waals surface area contributed by atoms with Gasteiger partial charge in [-0.2, -0.15) is 4.52 Å². The summed E-state index contributed by atoms with van der Waals surface area (Å²) >= 11 is 0. The predicted molar refractivity (Wildman–Crippen MR) is 109 cm³/mol. The van der Waals surface area contributed by atoms with Gasteiger partial charge >= 0.3 is 0 Å². The van der Waals surface area contributed by atoms with E-state index < -0.39 is 0 Å². The van der Waals surface area contributed by atoms with Gasteiger partial charge in [-0.3, -0.25) is 4.79 Å². The third-order valence-electron chi connectivity index (χ3n) is 6.18. The van der Waals surface area contributed by atoms with Gasteiger partial charge in [0.2, 0.25) is 5.91 Å². The van der Waals surface area contributed by atoms with Crippen molar-refractivity contribution in [2.45, 2.75) is 58.8 Å². The molecule has 4 rings (SSSR count). The van der Waals surface area contributed by atoms with Crippen LogP contribution in [0, 0.1) is 11.8 Å². The zero-order valence-corrected chi connectivity index (χ0v) is 17.6. The van der Waals surface area contributed by atoms with Crippen molar-refractivity contribution in [2.24, 2.45) is 11.8 Å². The molecular weight excluding hydrogens is 352 g/mol. The maximum Gasteiger partial charge on any atom is 0.225 e. The van der Waals surface area contributed by atoms with E-state index in [0.29, 0.717) is 5.91 Å². The molecule has 0 spiro atoms. The Hall–Kier alpha value is -2.18. The summed E-state index contributed by atoms with van der Waals surface area (Å²) in [5.41, 5.74) is 0.661. The zero-order valence-electron chi connectivity index (χ0n) is 17.6. The minimum Gasteiger partial charge on any atom is -0.355 e. The second kappa shape index (κ2) is 7.33. The van der Waals surface area contributed by atoms with Crippen LogP contribution < -0.4 is 4.90 Å². The SMILES string of the molecule is CC1CCN(C(=O)C2CCN(c3ccc4nnc(C(C)(C)C)n4n3)CC2)CC1. The first kappa shape index (κ1) is 19.2. The van der Waals surface area contributed by atoms with Crippen molar-refractivity contribution in [3.8, 4) is 0 Å².